The van der Waals surface area contributed by atoms with Gasteiger partial charge in [-0.25, -0.2) is 0 Å². The zero-order valence-corrected chi connectivity index (χ0v) is 35.8. The van der Waals surface area contributed by atoms with E-state index in [-0.39, 0.29) is 75.5 Å². The summed E-state index contributed by atoms with van der Waals surface area (Å²) in [6.07, 6.45) is 2.77. The van der Waals surface area contributed by atoms with Gasteiger partial charge in [-0.2, -0.15) is 0 Å². The van der Waals surface area contributed by atoms with Crippen LogP contribution in [0.1, 0.15) is 70.8 Å². The summed E-state index contributed by atoms with van der Waals surface area (Å²) in [7, 11) is 0. The van der Waals surface area contributed by atoms with Gasteiger partial charge in [-0.1, -0.05) is 18.6 Å². The van der Waals surface area contributed by atoms with Gasteiger partial charge in [-0.05, 0) is 69.7 Å². The van der Waals surface area contributed by atoms with E-state index in [1.54, 1.807) is 12.1 Å². The number of nitrogens with one attached hydrogen (secondary N) is 9. The lowest BCUT2D eigenvalue weighted by Crippen LogP contribution is -2.58. The molecule has 2 heterocycles. The van der Waals surface area contributed by atoms with E-state index in [0.29, 0.717) is 37.8 Å². The normalized spacial score (nSPS) is 23.5. The zero-order chi connectivity index (χ0) is 46.2. The first-order valence-corrected chi connectivity index (χ1v) is 21.5. The Hall–Kier alpha value is -5.87. The molecule has 2 aliphatic heterocycles. The number of hydrogen-bond donors (Lipinski definition) is 13. The SMILES string of the molecule is CC(=O)N[C@H]1CCC[C@@H]1C(=O)N[C@@H](CCCCN)C(=O)N[C@@H](C)C(=O)N[C@H]1CNC[C@@H]1C(=O)N[C@@H](Cc1ccc(O)cc1)C(=O)N[C@@H](CCC(N)=O)C(=O)N[C@H]1CNC[C@@H]1C(N)=O. The van der Waals surface area contributed by atoms with Crippen molar-refractivity contribution in [1.29, 1.82) is 0 Å². The molecular weight excluding hydrogens is 821 g/mol. The molecule has 1 aliphatic carbocycles. The average molecular weight is 885 g/mol. The van der Waals surface area contributed by atoms with Gasteiger partial charge >= 0.3 is 0 Å². The van der Waals surface area contributed by atoms with Crippen LogP contribution in [-0.4, -0.2) is 133 Å². The van der Waals surface area contributed by atoms with Crippen molar-refractivity contribution in [1.82, 2.24) is 47.9 Å². The van der Waals surface area contributed by atoms with Crippen LogP contribution < -0.4 is 65.1 Å². The quantitative estimate of drug-likeness (QED) is 0.0462. The van der Waals surface area contributed by atoms with Crippen LogP contribution in [-0.2, 0) is 49.6 Å². The van der Waals surface area contributed by atoms with Crippen LogP contribution >= 0.6 is 0 Å². The van der Waals surface area contributed by atoms with Crippen LogP contribution in [0.25, 0.3) is 0 Å². The predicted octanol–water partition coefficient (Wildman–Crippen LogP) is -4.51. The lowest BCUT2D eigenvalue weighted by atomic mass is 9.99. The van der Waals surface area contributed by atoms with E-state index in [2.05, 4.69) is 47.9 Å². The number of carbonyl (C=O) groups excluding carboxylic acids is 9. The Morgan fingerprint density at radius 2 is 1.25 bits per heavy atom. The van der Waals surface area contributed by atoms with Crippen LogP contribution in [0, 0.1) is 17.8 Å². The number of phenolic OH excluding ortho intramolecular Hbond substituents is 1. The summed E-state index contributed by atoms with van der Waals surface area (Å²) in [5.74, 6) is -7.42. The molecule has 22 nitrogen and oxygen atoms in total. The Morgan fingerprint density at radius 3 is 1.89 bits per heavy atom. The standard InChI is InChI=1S/C41H64N12O10/c1-21(47-39(61)29(7-3-4-15-42)49-37(59)25-6-5-8-28(25)48-22(2)54)36(58)52-33-20-46-18-27(33)38(60)51-31(16-23-9-11-24(55)12-10-23)41(63)50-30(13-14-34(43)56)40(62)53-32-19-45-17-26(32)35(44)57/h9-12,21,25-33,45-46,55H,3-8,13-20,42H2,1-2H3,(H2,43,56)(H2,44,57)(H,47,61)(H,48,54)(H,49,59)(H,50,63)(H,51,60)(H,52,58)(H,53,62)/t21-,25-,26-,27-,28-,29-,30-,31-,32-,33-/m0/s1. The van der Waals surface area contributed by atoms with Gasteiger partial charge in [0.2, 0.25) is 53.2 Å². The van der Waals surface area contributed by atoms with Crippen molar-refractivity contribution in [2.75, 3.05) is 32.7 Å². The summed E-state index contributed by atoms with van der Waals surface area (Å²) in [6, 6.07) is -0.558. The topological polar surface area (TPSA) is 360 Å². The molecule has 2 saturated heterocycles. The molecule has 1 aromatic carbocycles. The van der Waals surface area contributed by atoms with Crippen molar-refractivity contribution in [2.45, 2.75) is 114 Å². The van der Waals surface area contributed by atoms with Crippen molar-refractivity contribution in [3.63, 3.8) is 0 Å². The number of nitrogens with two attached hydrogens (primary N) is 3. The molecular formula is C41H64N12O10. The fourth-order valence-electron chi connectivity index (χ4n) is 8.14. The van der Waals surface area contributed by atoms with Gasteiger partial charge in [0.15, 0.2) is 0 Å². The van der Waals surface area contributed by atoms with Crippen LogP contribution in [0.4, 0.5) is 0 Å². The van der Waals surface area contributed by atoms with Gasteiger partial charge in [0, 0.05) is 52.0 Å². The van der Waals surface area contributed by atoms with E-state index < -0.39 is 95.4 Å². The highest BCUT2D eigenvalue weighted by molar-refractivity contribution is 5.95. The molecule has 0 aromatic heterocycles. The second-order valence-corrected chi connectivity index (χ2v) is 16.6. The van der Waals surface area contributed by atoms with Crippen LogP contribution in [0.3, 0.4) is 0 Å². The number of amides is 9. The monoisotopic (exact) mass is 884 g/mol. The molecule has 1 aromatic rings. The Morgan fingerprint density at radius 1 is 0.667 bits per heavy atom. The number of rotatable bonds is 23. The number of hydrogen-bond acceptors (Lipinski definition) is 13. The third-order valence-corrected chi connectivity index (χ3v) is 11.7. The highest BCUT2D eigenvalue weighted by Crippen LogP contribution is 2.26. The molecule has 0 radical (unpaired) electrons. The molecule has 4 rings (SSSR count). The molecule has 0 spiro atoms. The fraction of sp³-hybridized carbons (Fsp3) is 0.634. The van der Waals surface area contributed by atoms with E-state index in [0.717, 1.165) is 6.42 Å². The molecule has 22 heteroatoms. The van der Waals surface area contributed by atoms with Crippen molar-refractivity contribution >= 4 is 53.2 Å². The molecule has 0 unspecified atom stereocenters. The van der Waals surface area contributed by atoms with E-state index in [1.165, 1.54) is 26.0 Å². The maximum absolute atomic E-state index is 14.0. The number of carbonyl (C=O) groups is 9. The van der Waals surface area contributed by atoms with Crippen LogP contribution in [0.5, 0.6) is 5.75 Å². The molecule has 348 valence electrons. The van der Waals surface area contributed by atoms with Gasteiger partial charge in [-0.3, -0.25) is 43.2 Å². The minimum atomic E-state index is -1.30. The second kappa shape index (κ2) is 24.1. The van der Waals surface area contributed by atoms with Gasteiger partial charge in [0.1, 0.15) is 29.9 Å². The molecule has 3 aliphatic rings. The maximum Gasteiger partial charge on any atom is 0.243 e. The minimum absolute atomic E-state index is 0.0311. The second-order valence-electron chi connectivity index (χ2n) is 16.6. The Kier molecular flexibility index (Phi) is 19.0. The predicted molar refractivity (Wildman–Crippen MR) is 227 cm³/mol. The van der Waals surface area contributed by atoms with E-state index >= 15 is 0 Å². The molecule has 9 amide bonds. The van der Waals surface area contributed by atoms with Gasteiger partial charge < -0.3 is 70.2 Å². The molecule has 63 heavy (non-hydrogen) atoms. The molecule has 1 saturated carbocycles. The summed E-state index contributed by atoms with van der Waals surface area (Å²) in [5, 5.41) is 35.1. The Bertz CT molecular complexity index is 1820. The third-order valence-electron chi connectivity index (χ3n) is 11.7. The van der Waals surface area contributed by atoms with Crippen molar-refractivity contribution in [3.05, 3.63) is 29.8 Å². The minimum Gasteiger partial charge on any atom is -0.508 e. The molecule has 10 atom stereocenters. The van der Waals surface area contributed by atoms with Crippen LogP contribution in [0.2, 0.25) is 0 Å². The van der Waals surface area contributed by atoms with Crippen molar-refractivity contribution in [2.24, 2.45) is 35.0 Å². The first kappa shape index (κ1) is 49.8. The Labute approximate surface area is 365 Å². The van der Waals surface area contributed by atoms with Crippen molar-refractivity contribution < 1.29 is 48.3 Å². The average Bonchev–Trinajstić information content (AvgIpc) is 4.01. The first-order valence-electron chi connectivity index (χ1n) is 21.5. The zero-order valence-electron chi connectivity index (χ0n) is 35.8. The highest BCUT2D eigenvalue weighted by Gasteiger charge is 2.40. The van der Waals surface area contributed by atoms with E-state index in [4.69, 9.17) is 17.2 Å². The molecule has 0 bridgehead atoms. The third kappa shape index (κ3) is 15.2. The van der Waals surface area contributed by atoms with E-state index in [1.807, 2.05) is 0 Å². The van der Waals surface area contributed by atoms with Crippen LogP contribution in [0.15, 0.2) is 24.3 Å². The lowest BCUT2D eigenvalue weighted by Gasteiger charge is -2.27. The smallest absolute Gasteiger partial charge is 0.243 e. The fourth-order valence-corrected chi connectivity index (χ4v) is 8.14. The largest absolute Gasteiger partial charge is 0.508 e. The van der Waals surface area contributed by atoms with Crippen molar-refractivity contribution in [3.8, 4) is 5.75 Å². The number of unbranched alkanes of at least 4 members (excludes halogenated alkanes) is 1. The van der Waals surface area contributed by atoms with Gasteiger partial charge in [0.05, 0.1) is 29.8 Å². The number of primary amides is 2. The van der Waals surface area contributed by atoms with E-state index in [9.17, 15) is 48.3 Å². The van der Waals surface area contributed by atoms with Gasteiger partial charge in [0.25, 0.3) is 0 Å². The summed E-state index contributed by atoms with van der Waals surface area (Å²) in [4.78, 5) is 117. The summed E-state index contributed by atoms with van der Waals surface area (Å²) in [5.41, 5.74) is 17.1. The lowest BCUT2D eigenvalue weighted by molar-refractivity contribution is -0.134. The summed E-state index contributed by atoms with van der Waals surface area (Å²) >= 11 is 0. The first-order chi connectivity index (χ1) is 30.0. The van der Waals surface area contributed by atoms with Gasteiger partial charge in [-0.15, -0.1) is 0 Å². The summed E-state index contributed by atoms with van der Waals surface area (Å²) in [6.45, 7) is 3.99. The Balaban J connectivity index is 1.43. The number of benzene rings is 1. The molecule has 3 fully saturated rings. The maximum atomic E-state index is 14.0. The highest BCUT2D eigenvalue weighted by atomic mass is 16.3. The number of aromatic hydroxyl groups is 1. The summed E-state index contributed by atoms with van der Waals surface area (Å²) < 4.78 is 0. The molecule has 16 N–H and O–H groups in total. The number of phenols is 1.